The molecule has 2 atom stereocenters. The van der Waals surface area contributed by atoms with Gasteiger partial charge in [0, 0.05) is 39.1 Å². The van der Waals surface area contributed by atoms with E-state index in [1.807, 2.05) is 11.8 Å². The zero-order chi connectivity index (χ0) is 15.9. The molecule has 1 unspecified atom stereocenters. The van der Waals surface area contributed by atoms with Gasteiger partial charge in [0.1, 0.15) is 0 Å². The largest absolute Gasteiger partial charge is 0.391 e. The van der Waals surface area contributed by atoms with E-state index < -0.39 is 0 Å². The lowest BCUT2D eigenvalue weighted by Gasteiger charge is -2.31. The number of rotatable bonds is 4. The van der Waals surface area contributed by atoms with E-state index in [1.165, 1.54) is 6.42 Å². The maximum atomic E-state index is 12.2. The Morgan fingerprint density at radius 1 is 1.27 bits per heavy atom. The average molecular weight is 310 g/mol. The van der Waals surface area contributed by atoms with E-state index in [2.05, 4.69) is 22.1 Å². The van der Waals surface area contributed by atoms with Crippen molar-refractivity contribution in [1.82, 2.24) is 15.1 Å². The van der Waals surface area contributed by atoms with Crippen molar-refractivity contribution >= 4 is 11.9 Å². The van der Waals surface area contributed by atoms with Crippen molar-refractivity contribution in [1.29, 1.82) is 0 Å². The molecule has 2 aliphatic heterocycles. The van der Waals surface area contributed by atoms with Gasteiger partial charge in [0.25, 0.3) is 0 Å². The van der Waals surface area contributed by atoms with Gasteiger partial charge < -0.3 is 20.2 Å². The predicted molar refractivity (Wildman–Crippen MR) is 87.8 cm³/mol. The summed E-state index contributed by atoms with van der Waals surface area (Å²) < 4.78 is 0. The molecule has 22 heavy (non-hydrogen) atoms. The molecule has 2 saturated heterocycles. The summed E-state index contributed by atoms with van der Waals surface area (Å²) in [6.07, 6.45) is 3.33. The van der Waals surface area contributed by atoms with Gasteiger partial charge in [0.2, 0.25) is 5.91 Å². The van der Waals surface area contributed by atoms with E-state index in [9.17, 15) is 9.90 Å². The van der Waals surface area contributed by atoms with Gasteiger partial charge in [-0.2, -0.15) is 0 Å². The van der Waals surface area contributed by atoms with Crippen LogP contribution in [0.4, 0.5) is 0 Å². The first-order valence-electron chi connectivity index (χ1n) is 8.59. The minimum atomic E-state index is -0.264. The molecule has 126 valence electrons. The average Bonchev–Trinajstić information content (AvgIpc) is 2.92. The van der Waals surface area contributed by atoms with E-state index in [4.69, 9.17) is 0 Å². The second-order valence-corrected chi connectivity index (χ2v) is 6.46. The van der Waals surface area contributed by atoms with Crippen molar-refractivity contribution in [3.8, 4) is 0 Å². The van der Waals surface area contributed by atoms with Crippen LogP contribution < -0.4 is 5.32 Å². The van der Waals surface area contributed by atoms with Crippen molar-refractivity contribution < 1.29 is 9.90 Å². The van der Waals surface area contributed by atoms with Crippen molar-refractivity contribution in [2.75, 3.05) is 39.3 Å². The number of aliphatic hydroxyl groups excluding tert-OH is 1. The van der Waals surface area contributed by atoms with Crippen LogP contribution in [0.2, 0.25) is 0 Å². The number of hydrogen-bond acceptors (Lipinski definition) is 3. The summed E-state index contributed by atoms with van der Waals surface area (Å²) in [6, 6.07) is 0. The lowest BCUT2D eigenvalue weighted by atomic mass is 10.00. The number of carbonyl (C=O) groups is 1. The highest BCUT2D eigenvalue weighted by Crippen LogP contribution is 2.16. The first-order valence-corrected chi connectivity index (χ1v) is 8.59. The summed E-state index contributed by atoms with van der Waals surface area (Å²) in [5.41, 5.74) is 0. The number of carbonyl (C=O) groups excluding carboxylic acids is 1. The van der Waals surface area contributed by atoms with E-state index >= 15 is 0 Å². The summed E-state index contributed by atoms with van der Waals surface area (Å²) in [4.78, 5) is 20.8. The molecular weight excluding hydrogens is 280 g/mol. The number of nitrogens with one attached hydrogen (secondary N) is 1. The predicted octanol–water partition coefficient (Wildman–Crippen LogP) is 0.667. The molecule has 6 nitrogen and oxygen atoms in total. The van der Waals surface area contributed by atoms with Gasteiger partial charge in [-0.05, 0) is 32.1 Å². The topological polar surface area (TPSA) is 68.2 Å². The molecule has 1 amide bonds. The molecule has 0 aliphatic carbocycles. The number of aliphatic imine (C=N–C) groups is 1. The van der Waals surface area contributed by atoms with Gasteiger partial charge in [-0.3, -0.25) is 9.79 Å². The molecule has 2 fully saturated rings. The van der Waals surface area contributed by atoms with Crippen LogP contribution in [-0.2, 0) is 4.79 Å². The first kappa shape index (κ1) is 17.1. The quantitative estimate of drug-likeness (QED) is 0.591. The Bertz CT molecular complexity index is 400. The van der Waals surface area contributed by atoms with Gasteiger partial charge in [-0.1, -0.05) is 6.92 Å². The van der Waals surface area contributed by atoms with Gasteiger partial charge in [-0.25, -0.2) is 0 Å². The van der Waals surface area contributed by atoms with Crippen LogP contribution in [-0.4, -0.2) is 72.1 Å². The number of nitrogens with zero attached hydrogens (tertiary/aromatic N) is 3. The zero-order valence-corrected chi connectivity index (χ0v) is 13.9. The van der Waals surface area contributed by atoms with E-state index in [0.717, 1.165) is 45.0 Å². The van der Waals surface area contributed by atoms with E-state index in [0.29, 0.717) is 25.4 Å². The number of β-amino-alcohol motifs (C(OH)–C–C–N with tert-alkyl or cyclic N) is 1. The Labute approximate surface area is 133 Å². The summed E-state index contributed by atoms with van der Waals surface area (Å²) in [5, 5.41) is 12.9. The van der Waals surface area contributed by atoms with Crippen LogP contribution in [0, 0.1) is 5.92 Å². The number of amides is 1. The highest BCUT2D eigenvalue weighted by molar-refractivity contribution is 5.81. The third kappa shape index (κ3) is 4.87. The number of aliphatic hydroxyl groups is 1. The molecule has 0 aromatic rings. The van der Waals surface area contributed by atoms with Crippen molar-refractivity contribution in [2.24, 2.45) is 10.9 Å². The van der Waals surface area contributed by atoms with Gasteiger partial charge in [-0.15, -0.1) is 0 Å². The van der Waals surface area contributed by atoms with Crippen LogP contribution in [0.5, 0.6) is 0 Å². The van der Waals surface area contributed by atoms with Gasteiger partial charge in [0.05, 0.1) is 12.6 Å². The number of hydrogen-bond donors (Lipinski definition) is 2. The number of guanidine groups is 1. The highest BCUT2D eigenvalue weighted by Gasteiger charge is 2.23. The molecule has 0 aromatic carbocycles. The lowest BCUT2D eigenvalue weighted by Crippen LogP contribution is -2.41. The summed E-state index contributed by atoms with van der Waals surface area (Å²) in [7, 11) is 0. The van der Waals surface area contributed by atoms with E-state index in [1.54, 1.807) is 0 Å². The maximum absolute atomic E-state index is 12.2. The maximum Gasteiger partial charge on any atom is 0.224 e. The molecule has 2 aliphatic rings. The standard InChI is InChI=1S/C16H30N4O2/c1-3-17-16(20-10-7-14(21)12-20)18-8-6-15(22)19-9-4-5-13(2)11-19/h13-14,21H,3-12H2,1-2H3,(H,17,18)/t13?,14-/m1/s1. The minimum absolute atomic E-state index is 0.215. The van der Waals surface area contributed by atoms with Crippen LogP contribution in [0.25, 0.3) is 0 Å². The highest BCUT2D eigenvalue weighted by atomic mass is 16.3. The monoisotopic (exact) mass is 310 g/mol. The van der Waals surface area contributed by atoms with Crippen LogP contribution in [0.1, 0.15) is 39.5 Å². The van der Waals surface area contributed by atoms with Crippen LogP contribution in [0.3, 0.4) is 0 Å². The van der Waals surface area contributed by atoms with Gasteiger partial charge in [0.15, 0.2) is 5.96 Å². The SMILES string of the molecule is CCNC(=NCCC(=O)N1CCCC(C)C1)N1CC[C@@H](O)C1. The summed E-state index contributed by atoms with van der Waals surface area (Å²) in [6.45, 7) is 8.78. The number of piperidine rings is 1. The molecule has 2 heterocycles. The summed E-state index contributed by atoms with van der Waals surface area (Å²) >= 11 is 0. The fraction of sp³-hybridized carbons (Fsp3) is 0.875. The molecule has 0 saturated carbocycles. The normalized spacial score (nSPS) is 26.4. The van der Waals surface area contributed by atoms with Crippen LogP contribution >= 0.6 is 0 Å². The van der Waals surface area contributed by atoms with E-state index in [-0.39, 0.29) is 12.0 Å². The molecule has 6 heteroatoms. The zero-order valence-electron chi connectivity index (χ0n) is 13.9. The van der Waals surface area contributed by atoms with Crippen molar-refractivity contribution in [3.63, 3.8) is 0 Å². The van der Waals surface area contributed by atoms with Crippen molar-refractivity contribution in [2.45, 2.75) is 45.6 Å². The summed E-state index contributed by atoms with van der Waals surface area (Å²) in [5.74, 6) is 1.65. The van der Waals surface area contributed by atoms with Crippen molar-refractivity contribution in [3.05, 3.63) is 0 Å². The molecule has 2 rings (SSSR count). The van der Waals surface area contributed by atoms with Crippen LogP contribution in [0.15, 0.2) is 4.99 Å². The number of likely N-dealkylation sites (tertiary alicyclic amines) is 2. The third-order valence-electron chi connectivity index (χ3n) is 4.39. The molecule has 2 N–H and O–H groups in total. The minimum Gasteiger partial charge on any atom is -0.391 e. The lowest BCUT2D eigenvalue weighted by molar-refractivity contribution is -0.132. The smallest absolute Gasteiger partial charge is 0.224 e. The Hall–Kier alpha value is -1.30. The molecular formula is C16H30N4O2. The second-order valence-electron chi connectivity index (χ2n) is 6.46. The third-order valence-corrected chi connectivity index (χ3v) is 4.39. The fourth-order valence-electron chi connectivity index (χ4n) is 3.19. The second kappa shape index (κ2) is 8.36. The fourth-order valence-corrected chi connectivity index (χ4v) is 3.19. The Kier molecular flexibility index (Phi) is 6.49. The Balaban J connectivity index is 1.81. The molecule has 0 aromatic heterocycles. The molecule has 0 spiro atoms. The Morgan fingerprint density at radius 3 is 2.73 bits per heavy atom. The molecule has 0 radical (unpaired) electrons. The first-order chi connectivity index (χ1) is 10.6. The van der Waals surface area contributed by atoms with Gasteiger partial charge >= 0.3 is 0 Å². The Morgan fingerprint density at radius 2 is 2.09 bits per heavy atom. The molecule has 0 bridgehead atoms.